The van der Waals surface area contributed by atoms with Gasteiger partial charge in [-0.3, -0.25) is 10.1 Å². The fraction of sp³-hybridized carbons (Fsp3) is 0.154. The number of benzene rings is 1. The summed E-state index contributed by atoms with van der Waals surface area (Å²) in [5.74, 6) is -0.257. The topological polar surface area (TPSA) is 96.7 Å². The van der Waals surface area contributed by atoms with E-state index in [2.05, 4.69) is 20.5 Å². The Morgan fingerprint density at radius 2 is 2.24 bits per heavy atom. The molecule has 6 nitrogen and oxygen atoms in total. The SMILES string of the molecule is Cl.NC(Cc1c[nH]c2ccccc12)C(=O)Nc1nncs1. The molecular weight excluding hydrogens is 310 g/mol. The van der Waals surface area contributed by atoms with E-state index in [1.165, 1.54) is 11.3 Å². The van der Waals surface area contributed by atoms with Gasteiger partial charge in [0.25, 0.3) is 0 Å². The van der Waals surface area contributed by atoms with Crippen LogP contribution in [0.5, 0.6) is 0 Å². The Balaban J connectivity index is 0.00000161. The number of nitrogens with one attached hydrogen (secondary N) is 2. The molecule has 0 aliphatic carbocycles. The molecule has 0 radical (unpaired) electrons. The Kier molecular flexibility index (Phi) is 4.89. The number of aromatic nitrogens is 3. The highest BCUT2D eigenvalue weighted by Gasteiger charge is 2.17. The summed E-state index contributed by atoms with van der Waals surface area (Å²) >= 11 is 1.26. The highest BCUT2D eigenvalue weighted by atomic mass is 35.5. The second-order valence-corrected chi connectivity index (χ2v) is 5.24. The summed E-state index contributed by atoms with van der Waals surface area (Å²) in [5.41, 5.74) is 9.57. The number of rotatable bonds is 4. The summed E-state index contributed by atoms with van der Waals surface area (Å²) in [5, 5.41) is 11.6. The molecule has 3 rings (SSSR count). The fourth-order valence-electron chi connectivity index (χ4n) is 2.06. The van der Waals surface area contributed by atoms with Gasteiger partial charge in [0.05, 0.1) is 6.04 Å². The van der Waals surface area contributed by atoms with Crippen molar-refractivity contribution in [2.24, 2.45) is 5.73 Å². The summed E-state index contributed by atoms with van der Waals surface area (Å²) in [6, 6.07) is 7.30. The van der Waals surface area contributed by atoms with Crippen LogP contribution in [0.1, 0.15) is 5.56 Å². The first-order valence-corrected chi connectivity index (χ1v) is 6.99. The Bertz CT molecular complexity index is 727. The van der Waals surface area contributed by atoms with Crippen LogP contribution in [0, 0.1) is 0 Å². The van der Waals surface area contributed by atoms with Gasteiger partial charge in [0.1, 0.15) is 5.51 Å². The minimum Gasteiger partial charge on any atom is -0.361 e. The monoisotopic (exact) mass is 323 g/mol. The molecule has 0 fully saturated rings. The smallest absolute Gasteiger partial charge is 0.243 e. The molecule has 8 heteroatoms. The number of carbonyl (C=O) groups is 1. The van der Waals surface area contributed by atoms with Crippen molar-refractivity contribution in [3.05, 3.63) is 41.5 Å². The van der Waals surface area contributed by atoms with Gasteiger partial charge in [0.2, 0.25) is 11.0 Å². The van der Waals surface area contributed by atoms with Gasteiger partial charge >= 0.3 is 0 Å². The van der Waals surface area contributed by atoms with E-state index >= 15 is 0 Å². The Morgan fingerprint density at radius 3 is 3.00 bits per heavy atom. The maximum Gasteiger partial charge on any atom is 0.243 e. The molecule has 1 amide bonds. The summed E-state index contributed by atoms with van der Waals surface area (Å²) in [6.45, 7) is 0. The Labute approximate surface area is 131 Å². The number of carbonyl (C=O) groups excluding carboxylic acids is 1. The second kappa shape index (κ2) is 6.66. The van der Waals surface area contributed by atoms with E-state index in [0.29, 0.717) is 11.6 Å². The van der Waals surface area contributed by atoms with E-state index in [0.717, 1.165) is 16.5 Å². The van der Waals surface area contributed by atoms with E-state index in [-0.39, 0.29) is 18.3 Å². The lowest BCUT2D eigenvalue weighted by molar-refractivity contribution is -0.117. The molecule has 3 aromatic rings. The number of H-pyrrole nitrogens is 1. The van der Waals surface area contributed by atoms with E-state index in [4.69, 9.17) is 5.73 Å². The number of aromatic amines is 1. The zero-order valence-corrected chi connectivity index (χ0v) is 12.6. The number of nitrogens with two attached hydrogens (primary N) is 1. The van der Waals surface area contributed by atoms with Crippen LogP contribution < -0.4 is 11.1 Å². The molecule has 1 aromatic carbocycles. The molecule has 0 aliphatic rings. The number of para-hydroxylation sites is 1. The van der Waals surface area contributed by atoms with Crippen LogP contribution in [0.25, 0.3) is 10.9 Å². The molecule has 0 aliphatic heterocycles. The maximum absolute atomic E-state index is 12.0. The molecular formula is C13H14ClN5OS. The molecule has 4 N–H and O–H groups in total. The first-order chi connectivity index (χ1) is 9.74. The lowest BCUT2D eigenvalue weighted by atomic mass is 10.1. The van der Waals surface area contributed by atoms with Gasteiger partial charge in [0.15, 0.2) is 0 Å². The van der Waals surface area contributed by atoms with Crippen molar-refractivity contribution in [3.63, 3.8) is 0 Å². The number of amides is 1. The number of fused-ring (bicyclic) bond motifs is 1. The first-order valence-electron chi connectivity index (χ1n) is 6.11. The number of halogens is 1. The predicted molar refractivity (Wildman–Crippen MR) is 85.8 cm³/mol. The summed E-state index contributed by atoms with van der Waals surface area (Å²) in [7, 11) is 0. The standard InChI is InChI=1S/C13H13N5OS.ClH/c14-10(12(19)17-13-18-16-7-20-13)5-8-6-15-11-4-2-1-3-9(8)11;/h1-4,6-7,10,15H,5,14H2,(H,17,18,19);1H. The lowest BCUT2D eigenvalue weighted by Crippen LogP contribution is -2.37. The van der Waals surface area contributed by atoms with Gasteiger partial charge in [-0.05, 0) is 18.1 Å². The lowest BCUT2D eigenvalue weighted by Gasteiger charge is -2.09. The van der Waals surface area contributed by atoms with Gasteiger partial charge in [-0.25, -0.2) is 0 Å². The minimum atomic E-state index is -0.627. The summed E-state index contributed by atoms with van der Waals surface area (Å²) < 4.78 is 0. The number of hydrogen-bond donors (Lipinski definition) is 3. The average molecular weight is 324 g/mol. The van der Waals surface area contributed by atoms with Crippen LogP contribution >= 0.6 is 23.7 Å². The largest absolute Gasteiger partial charge is 0.361 e. The number of hydrogen-bond acceptors (Lipinski definition) is 5. The first kappa shape index (κ1) is 15.4. The van der Waals surface area contributed by atoms with E-state index in [9.17, 15) is 4.79 Å². The van der Waals surface area contributed by atoms with Crippen LogP contribution in [0.2, 0.25) is 0 Å². The van der Waals surface area contributed by atoms with Crippen LogP contribution in [0.4, 0.5) is 5.13 Å². The van der Waals surface area contributed by atoms with Crippen LogP contribution in [0.3, 0.4) is 0 Å². The van der Waals surface area contributed by atoms with Gasteiger partial charge in [-0.1, -0.05) is 29.5 Å². The Hall–Kier alpha value is -1.96. The zero-order chi connectivity index (χ0) is 13.9. The van der Waals surface area contributed by atoms with Gasteiger partial charge in [-0.15, -0.1) is 22.6 Å². The average Bonchev–Trinajstić information content (AvgIpc) is 3.09. The molecule has 2 heterocycles. The molecule has 2 aromatic heterocycles. The van der Waals surface area contributed by atoms with E-state index in [1.807, 2.05) is 30.5 Å². The van der Waals surface area contributed by atoms with Crippen molar-refractivity contribution in [1.82, 2.24) is 15.2 Å². The van der Waals surface area contributed by atoms with Gasteiger partial charge in [-0.2, -0.15) is 0 Å². The highest BCUT2D eigenvalue weighted by molar-refractivity contribution is 7.13. The van der Waals surface area contributed by atoms with E-state index in [1.54, 1.807) is 5.51 Å². The Morgan fingerprint density at radius 1 is 1.43 bits per heavy atom. The van der Waals surface area contributed by atoms with Crippen molar-refractivity contribution in [1.29, 1.82) is 0 Å². The molecule has 0 saturated carbocycles. The highest BCUT2D eigenvalue weighted by Crippen LogP contribution is 2.19. The third-order valence-electron chi connectivity index (χ3n) is 3.04. The minimum absolute atomic E-state index is 0. The quantitative estimate of drug-likeness (QED) is 0.683. The third kappa shape index (κ3) is 3.38. The third-order valence-corrected chi connectivity index (χ3v) is 3.65. The summed E-state index contributed by atoms with van der Waals surface area (Å²) in [4.78, 5) is 15.1. The van der Waals surface area contributed by atoms with Gasteiger partial charge < -0.3 is 10.7 Å². The van der Waals surface area contributed by atoms with Crippen molar-refractivity contribution in [2.45, 2.75) is 12.5 Å². The van der Waals surface area contributed by atoms with Crippen LogP contribution in [-0.4, -0.2) is 27.1 Å². The number of anilines is 1. The summed E-state index contributed by atoms with van der Waals surface area (Å²) in [6.07, 6.45) is 2.36. The van der Waals surface area contributed by atoms with Gasteiger partial charge in [0, 0.05) is 17.1 Å². The number of nitrogens with zero attached hydrogens (tertiary/aromatic N) is 2. The molecule has 0 saturated heterocycles. The second-order valence-electron chi connectivity index (χ2n) is 4.40. The molecule has 1 atom stereocenters. The van der Waals surface area contributed by atoms with Crippen LogP contribution in [0.15, 0.2) is 36.0 Å². The van der Waals surface area contributed by atoms with Crippen molar-refractivity contribution < 1.29 is 4.79 Å². The maximum atomic E-state index is 12.0. The molecule has 1 unspecified atom stereocenters. The van der Waals surface area contributed by atoms with Crippen LogP contribution in [-0.2, 0) is 11.2 Å². The van der Waals surface area contributed by atoms with Crippen molar-refractivity contribution in [2.75, 3.05) is 5.32 Å². The van der Waals surface area contributed by atoms with Crippen molar-refractivity contribution >= 4 is 45.7 Å². The van der Waals surface area contributed by atoms with Crippen molar-refractivity contribution in [3.8, 4) is 0 Å². The molecule has 110 valence electrons. The molecule has 21 heavy (non-hydrogen) atoms. The van der Waals surface area contributed by atoms with E-state index < -0.39 is 6.04 Å². The predicted octanol–water partition coefficient (Wildman–Crippen LogP) is 1.95. The fourth-order valence-corrected chi connectivity index (χ4v) is 2.50. The molecule has 0 spiro atoms. The zero-order valence-electron chi connectivity index (χ0n) is 10.9. The normalized spacial score (nSPS) is 11.9. The molecule has 0 bridgehead atoms.